The number of carbonyl (C=O) groups is 1. The first kappa shape index (κ1) is 18.6. The summed E-state index contributed by atoms with van der Waals surface area (Å²) in [7, 11) is 0. The molecule has 4 N–H and O–H groups in total. The van der Waals surface area contributed by atoms with Crippen molar-refractivity contribution in [3.8, 4) is 11.1 Å². The summed E-state index contributed by atoms with van der Waals surface area (Å²) in [5, 5.41) is 1.11. The Labute approximate surface area is 166 Å². The summed E-state index contributed by atoms with van der Waals surface area (Å²) >= 11 is 0. The first-order valence-electron chi connectivity index (χ1n) is 10.0. The molecule has 4 rings (SSSR count). The van der Waals surface area contributed by atoms with Crippen molar-refractivity contribution in [2.24, 2.45) is 17.4 Å². The molecule has 0 radical (unpaired) electrons. The zero-order valence-electron chi connectivity index (χ0n) is 16.5. The Bertz CT molecular complexity index is 1040. The van der Waals surface area contributed by atoms with Crippen LogP contribution >= 0.6 is 0 Å². The largest absolute Gasteiger partial charge is 0.369 e. The summed E-state index contributed by atoms with van der Waals surface area (Å²) in [6, 6.07) is 15.0. The first-order valence-corrected chi connectivity index (χ1v) is 10.0. The molecule has 0 saturated heterocycles. The van der Waals surface area contributed by atoms with Crippen LogP contribution in [0.1, 0.15) is 48.1 Å². The fraction of sp³-hybridized carbons (Fsp3) is 0.333. The summed E-state index contributed by atoms with van der Waals surface area (Å²) in [6.45, 7) is 4.72. The fourth-order valence-corrected chi connectivity index (χ4v) is 4.19. The molecule has 1 fully saturated rings. The van der Waals surface area contributed by atoms with E-state index in [1.165, 1.54) is 11.1 Å². The number of rotatable bonds is 6. The maximum absolute atomic E-state index is 11.5. The van der Waals surface area contributed by atoms with Crippen LogP contribution in [0, 0.1) is 12.8 Å². The zero-order chi connectivity index (χ0) is 19.8. The van der Waals surface area contributed by atoms with Gasteiger partial charge < -0.3 is 11.5 Å². The van der Waals surface area contributed by atoms with E-state index in [-0.39, 0.29) is 17.7 Å². The monoisotopic (exact) mass is 373 g/mol. The van der Waals surface area contributed by atoms with Gasteiger partial charge in [0.15, 0.2) is 0 Å². The van der Waals surface area contributed by atoms with Crippen LogP contribution in [-0.4, -0.2) is 10.9 Å². The van der Waals surface area contributed by atoms with E-state index >= 15 is 0 Å². The van der Waals surface area contributed by atoms with E-state index in [4.69, 9.17) is 16.5 Å². The smallest absolute Gasteiger partial charge is 0.221 e. The third-order valence-electron chi connectivity index (χ3n) is 5.81. The zero-order valence-corrected chi connectivity index (χ0v) is 16.5. The molecule has 1 aromatic heterocycles. The van der Waals surface area contributed by atoms with Gasteiger partial charge in [0.25, 0.3) is 0 Å². The van der Waals surface area contributed by atoms with Crippen molar-refractivity contribution < 1.29 is 4.79 Å². The molecule has 0 aliphatic heterocycles. The quantitative estimate of drug-likeness (QED) is 0.679. The molecule has 144 valence electrons. The molecule has 1 saturated carbocycles. The summed E-state index contributed by atoms with van der Waals surface area (Å²) < 4.78 is 0. The lowest BCUT2D eigenvalue weighted by Gasteiger charge is -2.17. The van der Waals surface area contributed by atoms with Gasteiger partial charge in [-0.3, -0.25) is 9.78 Å². The summed E-state index contributed by atoms with van der Waals surface area (Å²) in [5.41, 5.74) is 19.6. The normalized spacial score (nSPS) is 18.4. The van der Waals surface area contributed by atoms with Crippen LogP contribution < -0.4 is 11.5 Å². The SMILES string of the molecule is CCCc1nc2ccc(C3CC3C(N)=O)cc2c(-c2ccc(C)cc2)c1CN. The molecular weight excluding hydrogens is 346 g/mol. The lowest BCUT2D eigenvalue weighted by atomic mass is 9.91. The Kier molecular flexibility index (Phi) is 4.90. The maximum atomic E-state index is 11.5. The van der Waals surface area contributed by atoms with Crippen molar-refractivity contribution >= 4 is 16.8 Å². The lowest BCUT2D eigenvalue weighted by Crippen LogP contribution is -2.13. The van der Waals surface area contributed by atoms with Crippen LogP contribution in [0.15, 0.2) is 42.5 Å². The van der Waals surface area contributed by atoms with Gasteiger partial charge >= 0.3 is 0 Å². The molecule has 1 amide bonds. The fourth-order valence-electron chi connectivity index (χ4n) is 4.19. The van der Waals surface area contributed by atoms with E-state index in [1.54, 1.807) is 0 Å². The molecule has 4 nitrogen and oxygen atoms in total. The van der Waals surface area contributed by atoms with Crippen LogP contribution in [-0.2, 0) is 17.8 Å². The first-order chi connectivity index (χ1) is 13.5. The highest BCUT2D eigenvalue weighted by Crippen LogP contribution is 2.48. The predicted molar refractivity (Wildman–Crippen MR) is 114 cm³/mol. The van der Waals surface area contributed by atoms with Gasteiger partial charge in [0, 0.05) is 23.5 Å². The number of pyridine rings is 1. The van der Waals surface area contributed by atoms with Crippen molar-refractivity contribution in [1.29, 1.82) is 0 Å². The Morgan fingerprint density at radius 3 is 2.54 bits per heavy atom. The average molecular weight is 374 g/mol. The molecule has 2 atom stereocenters. The topological polar surface area (TPSA) is 82.0 Å². The Hall–Kier alpha value is -2.72. The molecule has 2 aromatic carbocycles. The minimum absolute atomic E-state index is 0.0402. The number of hydrogen-bond donors (Lipinski definition) is 2. The number of nitrogens with zero attached hydrogens (tertiary/aromatic N) is 1. The molecule has 1 heterocycles. The number of carbonyl (C=O) groups excluding carboxylic acids is 1. The molecule has 0 spiro atoms. The van der Waals surface area contributed by atoms with Crippen LogP contribution in [0.5, 0.6) is 0 Å². The van der Waals surface area contributed by atoms with Crippen molar-refractivity contribution in [2.45, 2.75) is 45.6 Å². The molecular formula is C24H27N3O. The van der Waals surface area contributed by atoms with Gasteiger partial charge in [0.05, 0.1) is 5.52 Å². The predicted octanol–water partition coefficient (Wildman–Crippen LogP) is 4.21. The van der Waals surface area contributed by atoms with E-state index in [1.807, 2.05) is 0 Å². The van der Waals surface area contributed by atoms with Gasteiger partial charge in [-0.2, -0.15) is 0 Å². The van der Waals surface area contributed by atoms with Crippen molar-refractivity contribution in [2.75, 3.05) is 0 Å². The Morgan fingerprint density at radius 1 is 1.18 bits per heavy atom. The van der Waals surface area contributed by atoms with Gasteiger partial charge in [0.2, 0.25) is 5.91 Å². The standard InChI is InChI=1S/C24H27N3O/c1-3-4-21-20(13-25)23(15-7-5-14(2)6-8-15)19-11-16(9-10-22(19)27-21)17-12-18(17)24(26)28/h5-11,17-18H,3-4,12-13,25H2,1-2H3,(H2,26,28). The minimum atomic E-state index is -0.206. The maximum Gasteiger partial charge on any atom is 0.221 e. The number of hydrogen-bond acceptors (Lipinski definition) is 3. The van der Waals surface area contributed by atoms with Crippen LogP contribution in [0.4, 0.5) is 0 Å². The number of nitrogens with two attached hydrogens (primary N) is 2. The number of benzene rings is 2. The van der Waals surface area contributed by atoms with Crippen molar-refractivity contribution in [1.82, 2.24) is 4.98 Å². The van der Waals surface area contributed by atoms with E-state index < -0.39 is 0 Å². The second-order valence-electron chi connectivity index (χ2n) is 7.86. The summed E-state index contributed by atoms with van der Waals surface area (Å²) in [6.07, 6.45) is 2.78. The molecule has 0 bridgehead atoms. The molecule has 28 heavy (non-hydrogen) atoms. The molecule has 1 aliphatic carbocycles. The Morgan fingerprint density at radius 2 is 1.93 bits per heavy atom. The van der Waals surface area contributed by atoms with Gasteiger partial charge in [-0.1, -0.05) is 49.2 Å². The van der Waals surface area contributed by atoms with Gasteiger partial charge in [-0.25, -0.2) is 0 Å². The second-order valence-corrected chi connectivity index (χ2v) is 7.86. The van der Waals surface area contributed by atoms with Crippen molar-refractivity contribution in [3.05, 3.63) is 64.8 Å². The molecule has 1 aliphatic rings. The van der Waals surface area contributed by atoms with Crippen molar-refractivity contribution in [3.63, 3.8) is 0 Å². The van der Waals surface area contributed by atoms with E-state index in [0.29, 0.717) is 6.54 Å². The number of aryl methyl sites for hydroxylation is 2. The second kappa shape index (κ2) is 7.36. The third-order valence-corrected chi connectivity index (χ3v) is 5.81. The molecule has 3 aromatic rings. The number of aromatic nitrogens is 1. The van der Waals surface area contributed by atoms with E-state index in [0.717, 1.165) is 52.5 Å². The molecule has 2 unspecified atom stereocenters. The van der Waals surface area contributed by atoms with Crippen LogP contribution in [0.2, 0.25) is 0 Å². The van der Waals surface area contributed by atoms with E-state index in [2.05, 4.69) is 56.3 Å². The average Bonchev–Trinajstić information content (AvgIpc) is 3.49. The third kappa shape index (κ3) is 3.29. The van der Waals surface area contributed by atoms with Gasteiger partial charge in [0.1, 0.15) is 0 Å². The van der Waals surface area contributed by atoms with Crippen LogP contribution in [0.25, 0.3) is 22.0 Å². The highest BCUT2D eigenvalue weighted by Gasteiger charge is 2.42. The number of fused-ring (bicyclic) bond motifs is 1. The number of amides is 1. The lowest BCUT2D eigenvalue weighted by molar-refractivity contribution is -0.119. The highest BCUT2D eigenvalue weighted by atomic mass is 16.1. The van der Waals surface area contributed by atoms with E-state index in [9.17, 15) is 4.79 Å². The molecule has 4 heteroatoms. The number of primary amides is 1. The minimum Gasteiger partial charge on any atom is -0.369 e. The summed E-state index contributed by atoms with van der Waals surface area (Å²) in [5.74, 6) is -0.0195. The highest BCUT2D eigenvalue weighted by molar-refractivity contribution is 5.97. The summed E-state index contributed by atoms with van der Waals surface area (Å²) in [4.78, 5) is 16.5. The van der Waals surface area contributed by atoms with Crippen LogP contribution in [0.3, 0.4) is 0 Å². The Balaban J connectivity index is 1.94. The van der Waals surface area contributed by atoms with Gasteiger partial charge in [-0.05, 0) is 60.1 Å². The van der Waals surface area contributed by atoms with Gasteiger partial charge in [-0.15, -0.1) is 0 Å².